The second-order valence-corrected chi connectivity index (χ2v) is 9.62. The van der Waals surface area contributed by atoms with Crippen molar-refractivity contribution in [1.82, 2.24) is 14.7 Å². The minimum atomic E-state index is -0.235. The molecule has 1 atom stereocenters. The van der Waals surface area contributed by atoms with Crippen molar-refractivity contribution in [3.63, 3.8) is 0 Å². The average molecular weight is 495 g/mol. The van der Waals surface area contributed by atoms with Gasteiger partial charge in [-0.1, -0.05) is 73.7 Å². The molecule has 0 saturated carbocycles. The molecular formula is C31H34N4O2. The Balaban J connectivity index is 1.20. The first-order valence-corrected chi connectivity index (χ1v) is 13.1. The van der Waals surface area contributed by atoms with Gasteiger partial charge in [-0.15, -0.1) is 0 Å². The Morgan fingerprint density at radius 1 is 0.946 bits per heavy atom. The lowest BCUT2D eigenvalue weighted by Gasteiger charge is -2.34. The molecule has 3 aromatic carbocycles. The number of rotatable bonds is 8. The Morgan fingerprint density at radius 2 is 1.70 bits per heavy atom. The van der Waals surface area contributed by atoms with Crippen LogP contribution in [0.4, 0.5) is 5.69 Å². The van der Waals surface area contributed by atoms with Crippen molar-refractivity contribution >= 4 is 23.6 Å². The van der Waals surface area contributed by atoms with E-state index in [0.29, 0.717) is 25.2 Å². The third kappa shape index (κ3) is 5.59. The van der Waals surface area contributed by atoms with Crippen molar-refractivity contribution in [2.24, 2.45) is 0 Å². The summed E-state index contributed by atoms with van der Waals surface area (Å²) in [5, 5.41) is 3.52. The molecule has 2 aliphatic rings. The van der Waals surface area contributed by atoms with Gasteiger partial charge in [0.2, 0.25) is 0 Å². The summed E-state index contributed by atoms with van der Waals surface area (Å²) in [5.41, 5.74) is 4.44. The van der Waals surface area contributed by atoms with Crippen LogP contribution in [0.15, 0.2) is 84.9 Å². The van der Waals surface area contributed by atoms with Gasteiger partial charge in [-0.25, -0.2) is 0 Å². The van der Waals surface area contributed by atoms with Gasteiger partial charge in [0.1, 0.15) is 6.17 Å². The quantitative estimate of drug-likeness (QED) is 0.472. The molecule has 1 N–H and O–H groups in total. The largest absolute Gasteiger partial charge is 0.361 e. The van der Waals surface area contributed by atoms with Crippen LogP contribution in [-0.4, -0.2) is 65.8 Å². The number of anilines is 1. The Hall–Kier alpha value is -3.90. The van der Waals surface area contributed by atoms with Gasteiger partial charge in [-0.3, -0.25) is 14.5 Å². The number of fused-ring (bicyclic) bond motifs is 1. The predicted octanol–water partition coefficient (Wildman–Crippen LogP) is 5.13. The number of hydrogen-bond donors (Lipinski definition) is 1. The lowest BCUT2D eigenvalue weighted by Crippen LogP contribution is -2.48. The fourth-order valence-electron chi connectivity index (χ4n) is 5.12. The zero-order valence-electron chi connectivity index (χ0n) is 21.3. The van der Waals surface area contributed by atoms with E-state index in [4.69, 9.17) is 0 Å². The molecule has 0 aromatic heterocycles. The highest BCUT2D eigenvalue weighted by Crippen LogP contribution is 2.34. The van der Waals surface area contributed by atoms with Crippen molar-refractivity contribution in [2.75, 3.05) is 44.6 Å². The first kappa shape index (κ1) is 24.8. The summed E-state index contributed by atoms with van der Waals surface area (Å²) < 4.78 is 0. The number of piperazine rings is 1. The summed E-state index contributed by atoms with van der Waals surface area (Å²) in [6.45, 7) is 6.77. The van der Waals surface area contributed by atoms with Crippen LogP contribution in [0.25, 0.3) is 6.08 Å². The van der Waals surface area contributed by atoms with Gasteiger partial charge >= 0.3 is 0 Å². The topological polar surface area (TPSA) is 55.9 Å². The Kier molecular flexibility index (Phi) is 7.66. The molecule has 190 valence electrons. The predicted molar refractivity (Wildman–Crippen MR) is 148 cm³/mol. The Bertz CT molecular complexity index is 1260. The van der Waals surface area contributed by atoms with E-state index in [1.165, 1.54) is 5.56 Å². The zero-order chi connectivity index (χ0) is 25.6. The maximum absolute atomic E-state index is 13.3. The van der Waals surface area contributed by atoms with E-state index in [1.807, 2.05) is 76.5 Å². The number of carbonyl (C=O) groups excluding carboxylic acids is 2. The van der Waals surface area contributed by atoms with Crippen molar-refractivity contribution in [3.8, 4) is 0 Å². The SMILES string of the molecule is CCCN1C(=O)c2ccccc2C1Nc1cccc(C(=O)N2CCN(CC=Cc3ccccc3)CC2)c1. The van der Waals surface area contributed by atoms with Crippen LogP contribution >= 0.6 is 0 Å². The summed E-state index contributed by atoms with van der Waals surface area (Å²) >= 11 is 0. The van der Waals surface area contributed by atoms with E-state index >= 15 is 0 Å². The van der Waals surface area contributed by atoms with Crippen molar-refractivity contribution in [1.29, 1.82) is 0 Å². The van der Waals surface area contributed by atoms with Gasteiger partial charge in [0.25, 0.3) is 11.8 Å². The van der Waals surface area contributed by atoms with E-state index in [1.54, 1.807) is 0 Å². The molecular weight excluding hydrogens is 460 g/mol. The fourth-order valence-corrected chi connectivity index (χ4v) is 5.12. The second kappa shape index (κ2) is 11.4. The van der Waals surface area contributed by atoms with Gasteiger partial charge in [0.05, 0.1) is 0 Å². The van der Waals surface area contributed by atoms with Crippen LogP contribution in [0.3, 0.4) is 0 Å². The third-order valence-electron chi connectivity index (χ3n) is 7.07. The fraction of sp³-hybridized carbons (Fsp3) is 0.290. The number of nitrogens with zero attached hydrogens (tertiary/aromatic N) is 3. The van der Waals surface area contributed by atoms with E-state index in [-0.39, 0.29) is 18.0 Å². The highest BCUT2D eigenvalue weighted by molar-refractivity contribution is 5.99. The van der Waals surface area contributed by atoms with E-state index < -0.39 is 0 Å². The highest BCUT2D eigenvalue weighted by Gasteiger charge is 2.35. The molecule has 0 bridgehead atoms. The van der Waals surface area contributed by atoms with Crippen LogP contribution in [0.5, 0.6) is 0 Å². The minimum absolute atomic E-state index is 0.0523. The second-order valence-electron chi connectivity index (χ2n) is 9.62. The summed E-state index contributed by atoms with van der Waals surface area (Å²) in [6, 6.07) is 25.7. The number of hydrogen-bond acceptors (Lipinski definition) is 4. The van der Waals surface area contributed by atoms with Gasteiger partial charge in [0.15, 0.2) is 0 Å². The zero-order valence-corrected chi connectivity index (χ0v) is 21.3. The lowest BCUT2D eigenvalue weighted by atomic mass is 10.1. The molecule has 3 aromatic rings. The number of benzene rings is 3. The molecule has 1 saturated heterocycles. The monoisotopic (exact) mass is 494 g/mol. The molecule has 6 heteroatoms. The van der Waals surface area contributed by atoms with Crippen molar-refractivity contribution in [3.05, 3.63) is 107 Å². The molecule has 2 aliphatic heterocycles. The van der Waals surface area contributed by atoms with Gasteiger partial charge in [0, 0.05) is 61.6 Å². The van der Waals surface area contributed by atoms with E-state index in [0.717, 1.165) is 42.9 Å². The standard InChI is InChI=1S/C31H34N4O2/c1-2-17-35-29(27-15-6-7-16-28(27)31(35)37)32-26-14-8-13-25(23-26)30(36)34-21-19-33(20-22-34)18-9-12-24-10-4-3-5-11-24/h3-16,23,29,32H,2,17-22H2,1H3. The molecule has 1 unspecified atom stereocenters. The van der Waals surface area contributed by atoms with Crippen LogP contribution in [-0.2, 0) is 0 Å². The van der Waals surface area contributed by atoms with Gasteiger partial charge in [-0.2, -0.15) is 0 Å². The number of carbonyl (C=O) groups is 2. The Labute approximate surface area is 219 Å². The minimum Gasteiger partial charge on any atom is -0.361 e. The van der Waals surface area contributed by atoms with Crippen LogP contribution in [0.1, 0.15) is 51.4 Å². The molecule has 1 fully saturated rings. The first-order chi connectivity index (χ1) is 18.1. The lowest BCUT2D eigenvalue weighted by molar-refractivity contribution is 0.0649. The molecule has 5 rings (SSSR count). The molecule has 0 aliphatic carbocycles. The van der Waals surface area contributed by atoms with Crippen molar-refractivity contribution in [2.45, 2.75) is 19.5 Å². The maximum Gasteiger partial charge on any atom is 0.256 e. The van der Waals surface area contributed by atoms with Crippen molar-refractivity contribution < 1.29 is 9.59 Å². The van der Waals surface area contributed by atoms with Crippen LogP contribution in [0.2, 0.25) is 0 Å². The summed E-state index contributed by atoms with van der Waals surface area (Å²) in [5.74, 6) is 0.107. The van der Waals surface area contributed by atoms with E-state index in [9.17, 15) is 9.59 Å². The molecule has 2 amide bonds. The summed E-state index contributed by atoms with van der Waals surface area (Å²) in [6.07, 6.45) is 4.98. The van der Waals surface area contributed by atoms with Crippen LogP contribution in [0, 0.1) is 0 Å². The molecule has 2 heterocycles. The summed E-state index contributed by atoms with van der Waals surface area (Å²) in [7, 11) is 0. The smallest absolute Gasteiger partial charge is 0.256 e. The van der Waals surface area contributed by atoms with Gasteiger partial charge in [-0.05, 0) is 36.2 Å². The summed E-state index contributed by atoms with van der Waals surface area (Å²) in [4.78, 5) is 32.5. The average Bonchev–Trinajstić information content (AvgIpc) is 3.20. The normalized spacial score (nSPS) is 17.9. The molecule has 6 nitrogen and oxygen atoms in total. The van der Waals surface area contributed by atoms with Crippen LogP contribution < -0.4 is 5.32 Å². The molecule has 0 spiro atoms. The maximum atomic E-state index is 13.3. The first-order valence-electron chi connectivity index (χ1n) is 13.1. The van der Waals surface area contributed by atoms with Gasteiger partial charge < -0.3 is 15.1 Å². The Morgan fingerprint density at radius 3 is 2.49 bits per heavy atom. The van der Waals surface area contributed by atoms with E-state index in [2.05, 4.69) is 41.4 Å². The number of amides is 2. The number of nitrogens with one attached hydrogen (secondary N) is 1. The third-order valence-corrected chi connectivity index (χ3v) is 7.07. The molecule has 0 radical (unpaired) electrons. The molecule has 37 heavy (non-hydrogen) atoms. The highest BCUT2D eigenvalue weighted by atomic mass is 16.2.